The van der Waals surface area contributed by atoms with Crippen LogP contribution >= 0.6 is 11.6 Å². The number of nitrogen functional groups attached to an aromatic ring is 1. The molecule has 0 aliphatic heterocycles. The molecule has 0 aliphatic carbocycles. The summed E-state index contributed by atoms with van der Waals surface area (Å²) in [6.45, 7) is 0. The molecule has 0 saturated carbocycles. The number of nitrogens with two attached hydrogens (primary N) is 1. The fourth-order valence-electron chi connectivity index (χ4n) is 2.37. The maximum absolute atomic E-state index is 13.8. The lowest BCUT2D eigenvalue weighted by Gasteiger charge is -2.11. The third kappa shape index (κ3) is 2.92. The molecule has 0 atom stereocenters. The molecule has 3 aromatic rings. The molecule has 6 heteroatoms. The van der Waals surface area contributed by atoms with Crippen molar-refractivity contribution in [2.45, 2.75) is 0 Å². The Hall–Kier alpha value is -2.97. The predicted octanol–water partition coefficient (Wildman–Crippen LogP) is 4.80. The number of halogens is 3. The number of anilines is 1. The van der Waals surface area contributed by atoms with Crippen LogP contribution in [0.15, 0.2) is 48.5 Å². The number of hydrogen-bond acceptors (Lipinski definition) is 3. The quantitative estimate of drug-likeness (QED) is 0.728. The number of nitrogens with zero attached hydrogens (tertiary/aromatic N) is 2. The Morgan fingerprint density at radius 1 is 1.04 bits per heavy atom. The monoisotopic (exact) mass is 341 g/mol. The van der Waals surface area contributed by atoms with Gasteiger partial charge in [0.2, 0.25) is 0 Å². The van der Waals surface area contributed by atoms with Crippen molar-refractivity contribution in [1.29, 1.82) is 5.26 Å². The van der Waals surface area contributed by atoms with Gasteiger partial charge in [-0.25, -0.2) is 13.8 Å². The first-order valence-electron chi connectivity index (χ1n) is 6.91. The zero-order chi connectivity index (χ0) is 17.3. The molecule has 0 spiro atoms. The molecule has 3 rings (SSSR count). The molecule has 0 aliphatic rings. The van der Waals surface area contributed by atoms with Crippen LogP contribution in [-0.2, 0) is 0 Å². The minimum Gasteiger partial charge on any atom is -0.383 e. The third-order valence-electron chi connectivity index (χ3n) is 3.51. The fraction of sp³-hybridized carbons (Fsp3) is 0. The van der Waals surface area contributed by atoms with E-state index in [4.69, 9.17) is 17.3 Å². The van der Waals surface area contributed by atoms with E-state index in [9.17, 15) is 14.0 Å². The van der Waals surface area contributed by atoms with Crippen LogP contribution in [0, 0.1) is 23.0 Å². The molecule has 0 saturated heterocycles. The summed E-state index contributed by atoms with van der Waals surface area (Å²) in [6, 6.07) is 13.6. The van der Waals surface area contributed by atoms with Gasteiger partial charge in [0.15, 0.2) is 0 Å². The zero-order valence-corrected chi connectivity index (χ0v) is 13.0. The van der Waals surface area contributed by atoms with Gasteiger partial charge in [0.25, 0.3) is 0 Å². The largest absolute Gasteiger partial charge is 0.383 e. The first kappa shape index (κ1) is 15.9. The van der Waals surface area contributed by atoms with E-state index in [1.54, 1.807) is 24.3 Å². The van der Waals surface area contributed by atoms with Crippen molar-refractivity contribution in [1.82, 2.24) is 4.98 Å². The minimum atomic E-state index is -0.610. The van der Waals surface area contributed by atoms with E-state index >= 15 is 0 Å². The summed E-state index contributed by atoms with van der Waals surface area (Å²) in [4.78, 5) is 4.15. The molecule has 0 unspecified atom stereocenters. The van der Waals surface area contributed by atoms with Crippen LogP contribution in [0.25, 0.3) is 22.4 Å². The molecule has 118 valence electrons. The number of pyridine rings is 1. The second-order valence-corrected chi connectivity index (χ2v) is 5.47. The Kier molecular flexibility index (Phi) is 4.15. The van der Waals surface area contributed by atoms with Gasteiger partial charge in [0.05, 0.1) is 10.7 Å². The highest BCUT2D eigenvalue weighted by atomic mass is 35.5. The van der Waals surface area contributed by atoms with Crippen molar-refractivity contribution in [2.75, 3.05) is 5.73 Å². The highest BCUT2D eigenvalue weighted by molar-refractivity contribution is 6.30. The second kappa shape index (κ2) is 6.26. The Morgan fingerprint density at radius 3 is 2.50 bits per heavy atom. The van der Waals surface area contributed by atoms with E-state index in [1.165, 1.54) is 24.3 Å². The molecule has 0 amide bonds. The van der Waals surface area contributed by atoms with Gasteiger partial charge >= 0.3 is 0 Å². The molecule has 2 N–H and O–H groups in total. The van der Waals surface area contributed by atoms with Crippen molar-refractivity contribution < 1.29 is 8.78 Å². The topological polar surface area (TPSA) is 62.7 Å². The number of hydrogen-bond donors (Lipinski definition) is 1. The number of aromatic nitrogens is 1. The average molecular weight is 342 g/mol. The number of rotatable bonds is 2. The lowest BCUT2D eigenvalue weighted by molar-refractivity contribution is 0.628. The Balaban J connectivity index is 2.24. The van der Waals surface area contributed by atoms with E-state index in [-0.39, 0.29) is 16.4 Å². The normalized spacial score (nSPS) is 10.4. The standard InChI is InChI=1S/C18H10ClF2N3/c19-15-5-4-10(7-16(15)21)13-8-17(24-18(23)14(13)9-22)11-2-1-3-12(20)6-11/h1-8H,(H2,23,24). The van der Waals surface area contributed by atoms with Crippen LogP contribution in [-0.4, -0.2) is 4.98 Å². The van der Waals surface area contributed by atoms with Gasteiger partial charge in [-0.15, -0.1) is 0 Å². The molecule has 2 aromatic carbocycles. The van der Waals surface area contributed by atoms with Crippen molar-refractivity contribution in [3.8, 4) is 28.5 Å². The molecular weight excluding hydrogens is 332 g/mol. The first-order chi connectivity index (χ1) is 11.5. The van der Waals surface area contributed by atoms with Gasteiger partial charge in [-0.05, 0) is 35.9 Å². The molecule has 1 heterocycles. The third-order valence-corrected chi connectivity index (χ3v) is 3.82. The summed E-state index contributed by atoms with van der Waals surface area (Å²) in [5.74, 6) is -1.04. The lowest BCUT2D eigenvalue weighted by atomic mass is 9.98. The number of benzene rings is 2. The van der Waals surface area contributed by atoms with Crippen LogP contribution in [0.5, 0.6) is 0 Å². The highest BCUT2D eigenvalue weighted by Crippen LogP contribution is 2.32. The van der Waals surface area contributed by atoms with Gasteiger partial charge < -0.3 is 5.73 Å². The van der Waals surface area contributed by atoms with E-state index < -0.39 is 11.6 Å². The molecule has 0 fully saturated rings. The van der Waals surface area contributed by atoms with Crippen LogP contribution in [0.2, 0.25) is 5.02 Å². The van der Waals surface area contributed by atoms with Crippen molar-refractivity contribution >= 4 is 17.4 Å². The van der Waals surface area contributed by atoms with E-state index in [0.717, 1.165) is 0 Å². The van der Waals surface area contributed by atoms with Gasteiger partial charge in [0.1, 0.15) is 29.1 Å². The van der Waals surface area contributed by atoms with Gasteiger partial charge in [-0.3, -0.25) is 0 Å². The average Bonchev–Trinajstić information content (AvgIpc) is 2.56. The zero-order valence-electron chi connectivity index (χ0n) is 12.2. The van der Waals surface area contributed by atoms with Gasteiger partial charge in [0, 0.05) is 11.1 Å². The van der Waals surface area contributed by atoms with Gasteiger partial charge in [-0.1, -0.05) is 29.8 Å². The summed E-state index contributed by atoms with van der Waals surface area (Å²) in [5, 5.41) is 9.32. The van der Waals surface area contributed by atoms with Gasteiger partial charge in [-0.2, -0.15) is 5.26 Å². The van der Waals surface area contributed by atoms with E-state index in [0.29, 0.717) is 22.4 Å². The SMILES string of the molecule is N#Cc1c(-c2ccc(Cl)c(F)c2)cc(-c2cccc(F)c2)nc1N. The summed E-state index contributed by atoms with van der Waals surface area (Å²) < 4.78 is 27.2. The van der Waals surface area contributed by atoms with Crippen LogP contribution < -0.4 is 5.73 Å². The molecule has 24 heavy (non-hydrogen) atoms. The van der Waals surface area contributed by atoms with E-state index in [1.807, 2.05) is 6.07 Å². The summed E-state index contributed by atoms with van der Waals surface area (Å²) in [6.07, 6.45) is 0. The lowest BCUT2D eigenvalue weighted by Crippen LogP contribution is -2.00. The summed E-state index contributed by atoms with van der Waals surface area (Å²) >= 11 is 5.70. The van der Waals surface area contributed by atoms with Crippen molar-refractivity contribution in [3.63, 3.8) is 0 Å². The Labute approximate surface area is 141 Å². The molecule has 3 nitrogen and oxygen atoms in total. The maximum Gasteiger partial charge on any atom is 0.142 e. The minimum absolute atomic E-state index is 0.00961. The van der Waals surface area contributed by atoms with Crippen LogP contribution in [0.3, 0.4) is 0 Å². The maximum atomic E-state index is 13.8. The van der Waals surface area contributed by atoms with Crippen molar-refractivity contribution in [2.24, 2.45) is 0 Å². The summed E-state index contributed by atoms with van der Waals surface area (Å²) in [5.41, 5.74) is 7.71. The van der Waals surface area contributed by atoms with Crippen LogP contribution in [0.1, 0.15) is 5.56 Å². The van der Waals surface area contributed by atoms with E-state index in [2.05, 4.69) is 4.98 Å². The fourth-order valence-corrected chi connectivity index (χ4v) is 2.49. The van der Waals surface area contributed by atoms with Crippen molar-refractivity contribution in [3.05, 3.63) is 70.8 Å². The first-order valence-corrected chi connectivity index (χ1v) is 7.29. The second-order valence-electron chi connectivity index (χ2n) is 5.07. The smallest absolute Gasteiger partial charge is 0.142 e. The predicted molar refractivity (Wildman–Crippen MR) is 89.2 cm³/mol. The molecule has 0 radical (unpaired) electrons. The van der Waals surface area contributed by atoms with Crippen LogP contribution in [0.4, 0.5) is 14.6 Å². The molecule has 1 aromatic heterocycles. The summed E-state index contributed by atoms with van der Waals surface area (Å²) in [7, 11) is 0. The molecular formula is C18H10ClF2N3. The Bertz CT molecular complexity index is 980. The number of nitriles is 1. The Morgan fingerprint density at radius 2 is 1.83 bits per heavy atom. The highest BCUT2D eigenvalue weighted by Gasteiger charge is 2.15. The molecule has 0 bridgehead atoms.